The average Bonchev–Trinajstić information content (AvgIpc) is 2.81. The molecule has 17 heavy (non-hydrogen) atoms. The van der Waals surface area contributed by atoms with Gasteiger partial charge < -0.3 is 20.1 Å². The maximum Gasteiger partial charge on any atom is 0.110 e. The van der Waals surface area contributed by atoms with E-state index >= 15 is 0 Å². The number of hydrogen-bond donors (Lipinski definition) is 3. The Balaban J connectivity index is 2.12. The summed E-state index contributed by atoms with van der Waals surface area (Å²) in [6, 6.07) is -0.472. The molecule has 7 nitrogen and oxygen atoms in total. The van der Waals surface area contributed by atoms with E-state index in [1.54, 1.807) is 6.20 Å². The number of hydrogen-bond acceptors (Lipinski definition) is 6. The van der Waals surface area contributed by atoms with Gasteiger partial charge in [-0.05, 0) is 6.42 Å². The summed E-state index contributed by atoms with van der Waals surface area (Å²) in [5.41, 5.74) is 0.816. The van der Waals surface area contributed by atoms with E-state index < -0.39 is 24.4 Å². The van der Waals surface area contributed by atoms with Crippen molar-refractivity contribution >= 4 is 0 Å². The van der Waals surface area contributed by atoms with Crippen LogP contribution >= 0.6 is 0 Å². The molecule has 4 atom stereocenters. The van der Waals surface area contributed by atoms with Crippen LogP contribution in [0, 0.1) is 0 Å². The van der Waals surface area contributed by atoms with Gasteiger partial charge in [0.25, 0.3) is 0 Å². The molecular formula is C10H17N3O4. The van der Waals surface area contributed by atoms with Crippen LogP contribution in [0.25, 0.3) is 0 Å². The van der Waals surface area contributed by atoms with Gasteiger partial charge in [-0.1, -0.05) is 12.1 Å². The van der Waals surface area contributed by atoms with Crippen molar-refractivity contribution in [2.45, 2.75) is 37.7 Å². The molecule has 2 heterocycles. The van der Waals surface area contributed by atoms with Crippen LogP contribution in [-0.2, 0) is 11.2 Å². The molecule has 7 heteroatoms. The van der Waals surface area contributed by atoms with Crippen molar-refractivity contribution in [3.8, 4) is 0 Å². The molecule has 0 unspecified atom stereocenters. The summed E-state index contributed by atoms with van der Waals surface area (Å²) in [6.45, 7) is 1.83. The lowest BCUT2D eigenvalue weighted by Crippen LogP contribution is -2.52. The Morgan fingerprint density at radius 1 is 1.47 bits per heavy atom. The first-order chi connectivity index (χ1) is 8.17. The number of aliphatic hydroxyl groups excluding tert-OH is 3. The van der Waals surface area contributed by atoms with Crippen LogP contribution in [0.15, 0.2) is 6.20 Å². The lowest BCUT2D eigenvalue weighted by molar-refractivity contribution is -0.171. The molecular weight excluding hydrogens is 226 g/mol. The SMILES string of the molecule is CCc1cn([C@H]2CO[C@H](CO)[C@H](O)[C@@H]2O)nn1. The molecule has 96 valence electrons. The monoisotopic (exact) mass is 243 g/mol. The van der Waals surface area contributed by atoms with Gasteiger partial charge in [0.2, 0.25) is 0 Å². The highest BCUT2D eigenvalue weighted by molar-refractivity contribution is 4.96. The number of nitrogens with zero attached hydrogens (tertiary/aromatic N) is 3. The second-order valence-corrected chi connectivity index (χ2v) is 4.15. The maximum absolute atomic E-state index is 9.94. The normalized spacial score (nSPS) is 33.9. The Morgan fingerprint density at radius 2 is 2.24 bits per heavy atom. The summed E-state index contributed by atoms with van der Waals surface area (Å²) in [5, 5.41) is 36.5. The van der Waals surface area contributed by atoms with Crippen LogP contribution in [0.1, 0.15) is 18.7 Å². The van der Waals surface area contributed by atoms with E-state index in [9.17, 15) is 10.2 Å². The third kappa shape index (κ3) is 2.32. The molecule has 1 fully saturated rings. The van der Waals surface area contributed by atoms with Gasteiger partial charge in [-0.2, -0.15) is 0 Å². The van der Waals surface area contributed by atoms with Crippen LogP contribution in [0.3, 0.4) is 0 Å². The van der Waals surface area contributed by atoms with E-state index in [0.717, 1.165) is 12.1 Å². The Morgan fingerprint density at radius 3 is 2.82 bits per heavy atom. The Hall–Kier alpha value is -1.02. The molecule has 1 aromatic heterocycles. The lowest BCUT2D eigenvalue weighted by Gasteiger charge is -2.36. The minimum atomic E-state index is -1.12. The lowest BCUT2D eigenvalue weighted by atomic mass is 9.98. The summed E-state index contributed by atoms with van der Waals surface area (Å²) in [5.74, 6) is 0. The van der Waals surface area contributed by atoms with E-state index in [4.69, 9.17) is 9.84 Å². The Kier molecular flexibility index (Phi) is 3.72. The molecule has 0 bridgehead atoms. The molecule has 2 rings (SSSR count). The highest BCUT2D eigenvalue weighted by Crippen LogP contribution is 2.23. The standard InChI is InChI=1S/C10H17N3O4/c1-2-6-3-13(12-11-6)7-5-17-8(4-14)10(16)9(7)15/h3,7-10,14-16H,2,4-5H2,1H3/t7-,8+,9+,10-/m0/s1. The van der Waals surface area contributed by atoms with Gasteiger partial charge >= 0.3 is 0 Å². The predicted molar refractivity (Wildman–Crippen MR) is 57.3 cm³/mol. The van der Waals surface area contributed by atoms with E-state index in [1.807, 2.05) is 6.92 Å². The third-order valence-electron chi connectivity index (χ3n) is 3.05. The zero-order valence-corrected chi connectivity index (χ0v) is 9.60. The van der Waals surface area contributed by atoms with E-state index in [-0.39, 0.29) is 13.2 Å². The second-order valence-electron chi connectivity index (χ2n) is 4.15. The highest BCUT2D eigenvalue weighted by Gasteiger charge is 2.39. The maximum atomic E-state index is 9.94. The van der Waals surface area contributed by atoms with Crippen molar-refractivity contribution in [1.82, 2.24) is 15.0 Å². The Labute approximate surface area is 98.6 Å². The van der Waals surface area contributed by atoms with Gasteiger partial charge in [0.15, 0.2) is 0 Å². The molecule has 0 radical (unpaired) electrons. The number of aryl methyl sites for hydroxylation is 1. The van der Waals surface area contributed by atoms with Crippen LogP contribution in [0.5, 0.6) is 0 Å². The smallest absolute Gasteiger partial charge is 0.110 e. The minimum Gasteiger partial charge on any atom is -0.394 e. The highest BCUT2D eigenvalue weighted by atomic mass is 16.5. The van der Waals surface area contributed by atoms with Gasteiger partial charge in [0.1, 0.15) is 24.4 Å². The molecule has 0 amide bonds. The van der Waals surface area contributed by atoms with Crippen molar-refractivity contribution in [3.63, 3.8) is 0 Å². The van der Waals surface area contributed by atoms with E-state index in [0.29, 0.717) is 0 Å². The predicted octanol–water partition coefficient (Wildman–Crippen LogP) is -1.51. The quantitative estimate of drug-likeness (QED) is 0.597. The first kappa shape index (κ1) is 12.4. The van der Waals surface area contributed by atoms with Gasteiger partial charge in [0, 0.05) is 6.20 Å². The van der Waals surface area contributed by atoms with Crippen LogP contribution in [-0.4, -0.2) is 61.8 Å². The van der Waals surface area contributed by atoms with Gasteiger partial charge in [-0.15, -0.1) is 5.10 Å². The fourth-order valence-corrected chi connectivity index (χ4v) is 1.90. The van der Waals surface area contributed by atoms with Crippen molar-refractivity contribution in [1.29, 1.82) is 0 Å². The molecule has 0 aliphatic carbocycles. The zero-order valence-electron chi connectivity index (χ0n) is 9.60. The molecule has 1 aromatic rings. The fourth-order valence-electron chi connectivity index (χ4n) is 1.90. The summed E-state index contributed by atoms with van der Waals surface area (Å²) >= 11 is 0. The summed E-state index contributed by atoms with van der Waals surface area (Å²) < 4.78 is 6.77. The molecule has 0 saturated carbocycles. The van der Waals surface area contributed by atoms with Crippen LogP contribution in [0.2, 0.25) is 0 Å². The summed E-state index contributed by atoms with van der Waals surface area (Å²) in [7, 11) is 0. The number of rotatable bonds is 3. The van der Waals surface area contributed by atoms with Crippen LogP contribution in [0.4, 0.5) is 0 Å². The molecule has 0 spiro atoms. The van der Waals surface area contributed by atoms with Gasteiger partial charge in [-0.25, -0.2) is 4.68 Å². The molecule has 1 aliphatic heterocycles. The fraction of sp³-hybridized carbons (Fsp3) is 0.800. The summed E-state index contributed by atoms with van der Waals surface area (Å²) in [4.78, 5) is 0. The Bertz CT molecular complexity index is 370. The van der Waals surface area contributed by atoms with E-state index in [2.05, 4.69) is 10.3 Å². The number of aliphatic hydroxyl groups is 3. The first-order valence-corrected chi connectivity index (χ1v) is 5.66. The number of ether oxygens (including phenoxy) is 1. The average molecular weight is 243 g/mol. The van der Waals surface area contributed by atoms with Gasteiger partial charge in [0.05, 0.1) is 18.9 Å². The second kappa shape index (κ2) is 5.09. The molecule has 1 aliphatic rings. The zero-order chi connectivity index (χ0) is 12.4. The number of aromatic nitrogens is 3. The first-order valence-electron chi connectivity index (χ1n) is 5.66. The van der Waals surface area contributed by atoms with E-state index in [1.165, 1.54) is 4.68 Å². The van der Waals surface area contributed by atoms with Crippen LogP contribution < -0.4 is 0 Å². The van der Waals surface area contributed by atoms with Crippen molar-refractivity contribution in [2.75, 3.05) is 13.2 Å². The molecule has 1 saturated heterocycles. The van der Waals surface area contributed by atoms with Crippen molar-refractivity contribution in [2.24, 2.45) is 0 Å². The van der Waals surface area contributed by atoms with Crippen molar-refractivity contribution < 1.29 is 20.1 Å². The molecule has 0 aromatic carbocycles. The summed E-state index contributed by atoms with van der Waals surface area (Å²) in [6.07, 6.45) is -0.398. The minimum absolute atomic E-state index is 0.190. The third-order valence-corrected chi connectivity index (χ3v) is 3.05. The van der Waals surface area contributed by atoms with Gasteiger partial charge in [-0.3, -0.25) is 0 Å². The largest absolute Gasteiger partial charge is 0.394 e. The molecule has 3 N–H and O–H groups in total. The van der Waals surface area contributed by atoms with Crippen molar-refractivity contribution in [3.05, 3.63) is 11.9 Å². The topological polar surface area (TPSA) is 101 Å².